The maximum Gasteiger partial charge on any atom is 0.449 e. The van der Waals surface area contributed by atoms with Gasteiger partial charge in [-0.3, -0.25) is 0 Å². The van der Waals surface area contributed by atoms with E-state index >= 15 is 0 Å². The van der Waals surface area contributed by atoms with E-state index in [0.717, 1.165) is 0 Å². The van der Waals surface area contributed by atoms with Crippen LogP contribution in [0.3, 0.4) is 0 Å². The molecule has 12 atom stereocenters. The Kier molecular flexibility index (Phi) is 7.54. The Balaban J connectivity index is 1.21. The van der Waals surface area contributed by atoms with Crippen molar-refractivity contribution in [2.75, 3.05) is 11.5 Å². The molecule has 10 nitrogen and oxygen atoms in total. The highest BCUT2D eigenvalue weighted by Gasteiger charge is 2.72. The maximum absolute atomic E-state index is 14.8. The van der Waals surface area contributed by atoms with Crippen molar-refractivity contribution < 1.29 is 73.3 Å². The van der Waals surface area contributed by atoms with Crippen LogP contribution in [0.5, 0.6) is 0 Å². The lowest BCUT2D eigenvalue weighted by atomic mass is 9.59. The Hall–Kier alpha value is -1.63. The fourth-order valence-corrected chi connectivity index (χ4v) is 12.0. The Bertz CT molecular complexity index is 1470. The van der Waals surface area contributed by atoms with Gasteiger partial charge in [-0.15, -0.1) is 0 Å². The molecule has 0 aromatic rings. The summed E-state index contributed by atoms with van der Waals surface area (Å²) in [4.78, 5) is 23.1. The van der Waals surface area contributed by atoms with E-state index in [2.05, 4.69) is 0 Å². The molecule has 17 heteroatoms. The maximum atomic E-state index is 14.8. The molecule has 0 aromatic carbocycles. The summed E-state index contributed by atoms with van der Waals surface area (Å²) in [5.74, 6) is -11.5. The van der Waals surface area contributed by atoms with Crippen LogP contribution >= 0.6 is 0 Å². The van der Waals surface area contributed by atoms with Crippen LogP contribution in [-0.4, -0.2) is 67.6 Å². The van der Waals surface area contributed by atoms with E-state index < -0.39 is 115 Å². The Morgan fingerprint density at radius 3 is 1.39 bits per heavy atom. The quantitative estimate of drug-likeness (QED) is 0.234. The normalized spacial score (nSPS) is 47.9. The number of ether oxygens (including phenoxy) is 4. The molecule has 0 N–H and O–H groups in total. The number of sulfone groups is 1. The molecule has 8 aliphatic heterocycles. The fourth-order valence-electron chi connectivity index (χ4n) is 10.3. The molecule has 4 unspecified atom stereocenters. The molecule has 8 heterocycles. The fraction of sp³-hybridized carbons (Fsp3) is 0.875. The highest BCUT2D eigenvalue weighted by molar-refractivity contribution is 7.91. The molecular weight excluding hydrogens is 690 g/mol. The summed E-state index contributed by atoms with van der Waals surface area (Å²) >= 11 is 0. The zero-order valence-corrected chi connectivity index (χ0v) is 28.3. The topological polar surface area (TPSA) is 108 Å². The highest BCUT2D eigenvalue weighted by atomic mass is 32.2. The smallest absolute Gasteiger partial charge is 0.449 e. The minimum absolute atomic E-state index is 0.0469. The number of alkyl halides is 6. The molecule has 2 spiro atoms. The molecule has 6 saturated heterocycles. The summed E-state index contributed by atoms with van der Waals surface area (Å²) in [6.45, 7) is 6.95. The molecule has 0 radical (unpaired) electrons. The van der Waals surface area contributed by atoms with Gasteiger partial charge >= 0.3 is 12.4 Å². The number of fused-ring (bicyclic) bond motifs is 4. The summed E-state index contributed by atoms with van der Waals surface area (Å²) < 4.78 is 140. The number of allylic oxidation sites excluding steroid dienone is 2. The van der Waals surface area contributed by atoms with Crippen molar-refractivity contribution in [2.45, 2.75) is 127 Å². The van der Waals surface area contributed by atoms with Crippen molar-refractivity contribution in [2.24, 2.45) is 35.5 Å². The lowest BCUT2D eigenvalue weighted by Gasteiger charge is -2.57. The molecular formula is C32H40F6O10S. The molecule has 10 aliphatic rings. The monoisotopic (exact) mass is 730 g/mol. The van der Waals surface area contributed by atoms with Crippen LogP contribution in [0.25, 0.3) is 0 Å². The lowest BCUT2D eigenvalue weighted by Crippen LogP contribution is -2.68. The molecule has 8 fully saturated rings. The van der Waals surface area contributed by atoms with Crippen molar-refractivity contribution in [3.63, 3.8) is 0 Å². The first-order chi connectivity index (χ1) is 22.7. The molecule has 10 rings (SSSR count). The number of halogens is 6. The first-order valence-corrected chi connectivity index (χ1v) is 18.8. The molecule has 4 bridgehead atoms. The zero-order chi connectivity index (χ0) is 35.2. The SMILES string of the molecule is C[C@@H]1CC[C@H]2C(CS(=O)(=O)CC3=C(C(F)(F)F)O[C@@H]4OC5(C)CCC6[C@H](C)CC[C@@H]3[C@]64OO5)=C(C(F)(F)F)O[C@@H]3OC4(C)CCC1[C@]32OO4. The van der Waals surface area contributed by atoms with Gasteiger partial charge in [-0.05, 0) is 75.4 Å². The predicted molar refractivity (Wildman–Crippen MR) is 153 cm³/mol. The Morgan fingerprint density at radius 2 is 1.02 bits per heavy atom. The minimum atomic E-state index is -5.14. The second-order valence-electron chi connectivity index (χ2n) is 15.7. The van der Waals surface area contributed by atoms with Gasteiger partial charge < -0.3 is 18.9 Å². The Morgan fingerprint density at radius 1 is 0.633 bits per heavy atom. The van der Waals surface area contributed by atoms with Crippen LogP contribution in [0.15, 0.2) is 22.7 Å². The van der Waals surface area contributed by atoms with Crippen molar-refractivity contribution in [3.8, 4) is 0 Å². The van der Waals surface area contributed by atoms with Gasteiger partial charge in [0.05, 0.1) is 11.5 Å². The number of rotatable bonds is 4. The van der Waals surface area contributed by atoms with Gasteiger partial charge in [0, 0.05) is 36.5 Å². The van der Waals surface area contributed by atoms with Crippen molar-refractivity contribution >= 4 is 9.84 Å². The van der Waals surface area contributed by atoms with Gasteiger partial charge in [0.25, 0.3) is 0 Å². The van der Waals surface area contributed by atoms with Gasteiger partial charge in [0.1, 0.15) is 0 Å². The number of hydrogen-bond acceptors (Lipinski definition) is 10. The molecule has 0 aromatic heterocycles. The van der Waals surface area contributed by atoms with Crippen molar-refractivity contribution in [1.29, 1.82) is 0 Å². The van der Waals surface area contributed by atoms with Crippen LogP contribution in [0.1, 0.15) is 79.1 Å². The van der Waals surface area contributed by atoms with E-state index in [9.17, 15) is 34.8 Å². The number of hydrogen-bond donors (Lipinski definition) is 0. The average Bonchev–Trinajstić information content (AvgIpc) is 3.36. The third-order valence-electron chi connectivity index (χ3n) is 12.6. The van der Waals surface area contributed by atoms with E-state index in [1.807, 2.05) is 13.8 Å². The summed E-state index contributed by atoms with van der Waals surface area (Å²) in [5, 5.41) is 0. The van der Waals surface area contributed by atoms with Gasteiger partial charge in [-0.2, -0.15) is 26.3 Å². The van der Waals surface area contributed by atoms with Gasteiger partial charge in [0.15, 0.2) is 21.0 Å². The van der Waals surface area contributed by atoms with Crippen LogP contribution in [0.4, 0.5) is 26.3 Å². The minimum Gasteiger partial charge on any atom is -0.456 e. The standard InChI is InChI=1S/C32H40F6O10S/c1-15-5-7-21-17(23(31(33,34)35)41-25-29(21)19(15)9-11-27(3,43-25)45-47-29)13-49(39,40)14-18-22-8-6-16(2)20-10-12-28(4)44-26(30(20,22)48-46-28)42-24(18)32(36,37)38/h15-16,19-22,25-26H,5-14H2,1-4H3/t15-,16-,19?,20?,21+,22+,25-,26-,27?,28?,29-,30-/m1/s1. The van der Waals surface area contributed by atoms with Crippen molar-refractivity contribution in [1.82, 2.24) is 0 Å². The molecule has 2 aliphatic carbocycles. The van der Waals surface area contributed by atoms with E-state index in [1.165, 1.54) is 13.8 Å². The van der Waals surface area contributed by atoms with Gasteiger partial charge in [0.2, 0.25) is 35.7 Å². The molecule has 49 heavy (non-hydrogen) atoms. The molecule has 2 saturated carbocycles. The van der Waals surface area contributed by atoms with E-state index in [-0.39, 0.29) is 24.7 Å². The third kappa shape index (κ3) is 5.06. The average molecular weight is 731 g/mol. The summed E-state index contributed by atoms with van der Waals surface area (Å²) in [7, 11) is -4.78. The Labute approximate surface area is 279 Å². The first kappa shape index (κ1) is 34.5. The summed E-state index contributed by atoms with van der Waals surface area (Å²) in [6, 6.07) is 0. The predicted octanol–water partition coefficient (Wildman–Crippen LogP) is 6.53. The zero-order valence-electron chi connectivity index (χ0n) is 27.4. The van der Waals surface area contributed by atoms with Crippen LogP contribution in [0, 0.1) is 35.5 Å². The van der Waals surface area contributed by atoms with Crippen LogP contribution in [0.2, 0.25) is 0 Å². The van der Waals surface area contributed by atoms with Crippen LogP contribution in [-0.2, 0) is 48.3 Å². The third-order valence-corrected chi connectivity index (χ3v) is 14.1. The van der Waals surface area contributed by atoms with Crippen molar-refractivity contribution in [3.05, 3.63) is 22.7 Å². The van der Waals surface area contributed by atoms with Gasteiger partial charge in [-0.1, -0.05) is 13.8 Å². The van der Waals surface area contributed by atoms with E-state index in [0.29, 0.717) is 38.5 Å². The summed E-state index contributed by atoms with van der Waals surface area (Å²) in [6.07, 6.45) is -10.7. The molecule has 0 amide bonds. The molecule has 276 valence electrons. The van der Waals surface area contributed by atoms with Gasteiger partial charge in [-0.25, -0.2) is 28.0 Å². The van der Waals surface area contributed by atoms with E-state index in [1.54, 1.807) is 0 Å². The summed E-state index contributed by atoms with van der Waals surface area (Å²) in [5.41, 5.74) is -4.40. The second-order valence-corrected chi connectivity index (χ2v) is 17.7. The second kappa shape index (κ2) is 10.7. The lowest BCUT2D eigenvalue weighted by molar-refractivity contribution is -0.557. The largest absolute Gasteiger partial charge is 0.456 e. The first-order valence-electron chi connectivity index (χ1n) is 16.9. The van der Waals surface area contributed by atoms with E-state index in [4.69, 9.17) is 38.5 Å². The highest BCUT2D eigenvalue weighted by Crippen LogP contribution is 2.63. The van der Waals surface area contributed by atoms with Crippen LogP contribution < -0.4 is 0 Å².